The lowest BCUT2D eigenvalue weighted by atomic mass is 10.0. The summed E-state index contributed by atoms with van der Waals surface area (Å²) in [6.07, 6.45) is 1.55. The molecule has 0 radical (unpaired) electrons. The molecule has 1 aromatic heterocycles. The Balaban J connectivity index is 2.16. The van der Waals surface area contributed by atoms with Crippen molar-refractivity contribution >= 4 is 0 Å². The summed E-state index contributed by atoms with van der Waals surface area (Å²) in [5.41, 5.74) is 2.88. The summed E-state index contributed by atoms with van der Waals surface area (Å²) in [5.74, 6) is 0.622. The Hall–Kier alpha value is -1.87. The number of methoxy groups -OCH3 is 1. The molecule has 18 heavy (non-hydrogen) atoms. The molecule has 0 spiro atoms. The van der Waals surface area contributed by atoms with Crippen LogP contribution in [0, 0.1) is 6.92 Å². The maximum Gasteiger partial charge on any atom is 0.143 e. The molecule has 1 unspecified atom stereocenters. The zero-order chi connectivity index (χ0) is 13.0. The number of aromatic nitrogens is 1. The van der Waals surface area contributed by atoms with Crippen LogP contribution in [0.3, 0.4) is 0 Å². The van der Waals surface area contributed by atoms with Crippen LogP contribution in [-0.4, -0.2) is 17.2 Å². The van der Waals surface area contributed by atoms with E-state index in [1.807, 2.05) is 31.2 Å². The SMILES string of the molecule is COc1cccnc1C(O)Cc1ccc(C)cc1. The molecule has 0 aliphatic rings. The molecule has 3 nitrogen and oxygen atoms in total. The minimum atomic E-state index is -0.649. The van der Waals surface area contributed by atoms with Gasteiger partial charge in [-0.3, -0.25) is 4.98 Å². The average molecular weight is 243 g/mol. The Morgan fingerprint density at radius 2 is 1.94 bits per heavy atom. The van der Waals surface area contributed by atoms with Crippen LogP contribution in [0.5, 0.6) is 5.75 Å². The second-order valence-corrected chi connectivity index (χ2v) is 4.30. The monoisotopic (exact) mass is 243 g/mol. The van der Waals surface area contributed by atoms with Gasteiger partial charge in [0.15, 0.2) is 0 Å². The van der Waals surface area contributed by atoms with Gasteiger partial charge in [0.25, 0.3) is 0 Å². The van der Waals surface area contributed by atoms with Gasteiger partial charge in [-0.05, 0) is 24.6 Å². The Morgan fingerprint density at radius 3 is 2.61 bits per heavy atom. The van der Waals surface area contributed by atoms with E-state index in [9.17, 15) is 5.11 Å². The lowest BCUT2D eigenvalue weighted by Crippen LogP contribution is -2.06. The van der Waals surface area contributed by atoms with Crippen molar-refractivity contribution in [3.8, 4) is 5.75 Å². The molecule has 2 aromatic rings. The van der Waals surface area contributed by atoms with Gasteiger partial charge in [-0.15, -0.1) is 0 Å². The van der Waals surface area contributed by atoms with Crippen molar-refractivity contribution in [3.63, 3.8) is 0 Å². The lowest BCUT2D eigenvalue weighted by molar-refractivity contribution is 0.169. The third kappa shape index (κ3) is 2.87. The number of hydrogen-bond acceptors (Lipinski definition) is 3. The number of nitrogens with zero attached hydrogens (tertiary/aromatic N) is 1. The molecule has 1 atom stereocenters. The van der Waals surface area contributed by atoms with Crippen molar-refractivity contribution in [3.05, 3.63) is 59.4 Å². The second-order valence-electron chi connectivity index (χ2n) is 4.30. The molecule has 0 saturated carbocycles. The fraction of sp³-hybridized carbons (Fsp3) is 0.267. The highest BCUT2D eigenvalue weighted by molar-refractivity contribution is 5.30. The van der Waals surface area contributed by atoms with Crippen LogP contribution >= 0.6 is 0 Å². The van der Waals surface area contributed by atoms with E-state index in [0.29, 0.717) is 17.9 Å². The predicted molar refractivity (Wildman–Crippen MR) is 70.6 cm³/mol. The molecule has 0 fully saturated rings. The molecule has 2 rings (SSSR count). The summed E-state index contributed by atoms with van der Waals surface area (Å²) in [7, 11) is 1.58. The Bertz CT molecular complexity index is 508. The minimum absolute atomic E-state index is 0.535. The van der Waals surface area contributed by atoms with E-state index in [0.717, 1.165) is 5.56 Å². The molecular formula is C15H17NO2. The van der Waals surface area contributed by atoms with Crippen molar-refractivity contribution in [1.29, 1.82) is 0 Å². The summed E-state index contributed by atoms with van der Waals surface area (Å²) >= 11 is 0. The Labute approximate surface area is 107 Å². The van der Waals surface area contributed by atoms with Gasteiger partial charge >= 0.3 is 0 Å². The molecule has 0 saturated heterocycles. The quantitative estimate of drug-likeness (QED) is 0.897. The number of ether oxygens (including phenoxy) is 1. The van der Waals surface area contributed by atoms with E-state index in [-0.39, 0.29) is 0 Å². The van der Waals surface area contributed by atoms with E-state index >= 15 is 0 Å². The van der Waals surface area contributed by atoms with Crippen molar-refractivity contribution in [2.24, 2.45) is 0 Å². The fourth-order valence-electron chi connectivity index (χ4n) is 1.87. The van der Waals surface area contributed by atoms with E-state index in [1.165, 1.54) is 5.56 Å². The van der Waals surface area contributed by atoms with Crippen LogP contribution in [0.1, 0.15) is 22.9 Å². The van der Waals surface area contributed by atoms with E-state index in [4.69, 9.17) is 4.74 Å². The molecule has 0 aliphatic heterocycles. The number of aliphatic hydroxyl groups is 1. The first-order valence-corrected chi connectivity index (χ1v) is 5.93. The highest BCUT2D eigenvalue weighted by Gasteiger charge is 2.14. The van der Waals surface area contributed by atoms with E-state index in [1.54, 1.807) is 25.4 Å². The molecule has 94 valence electrons. The highest BCUT2D eigenvalue weighted by Crippen LogP contribution is 2.25. The topological polar surface area (TPSA) is 42.4 Å². The summed E-state index contributed by atoms with van der Waals surface area (Å²) in [4.78, 5) is 4.19. The standard InChI is InChI=1S/C15H17NO2/c1-11-5-7-12(8-6-11)10-13(17)15-14(18-2)4-3-9-16-15/h3-9,13,17H,10H2,1-2H3. The smallest absolute Gasteiger partial charge is 0.143 e. The maximum absolute atomic E-state index is 10.2. The molecule has 1 aromatic carbocycles. The number of aliphatic hydroxyl groups excluding tert-OH is 1. The summed E-state index contributed by atoms with van der Waals surface area (Å²) < 4.78 is 5.20. The first-order valence-electron chi connectivity index (χ1n) is 5.93. The van der Waals surface area contributed by atoms with E-state index < -0.39 is 6.10 Å². The molecule has 3 heteroatoms. The number of pyridine rings is 1. The maximum atomic E-state index is 10.2. The van der Waals surface area contributed by atoms with Crippen molar-refractivity contribution in [1.82, 2.24) is 4.98 Å². The van der Waals surface area contributed by atoms with Gasteiger partial charge in [-0.2, -0.15) is 0 Å². The minimum Gasteiger partial charge on any atom is -0.495 e. The Morgan fingerprint density at radius 1 is 1.22 bits per heavy atom. The third-order valence-corrected chi connectivity index (χ3v) is 2.88. The molecule has 0 aliphatic carbocycles. The van der Waals surface area contributed by atoms with Crippen LogP contribution in [0.25, 0.3) is 0 Å². The number of benzene rings is 1. The lowest BCUT2D eigenvalue weighted by Gasteiger charge is -2.13. The summed E-state index contributed by atoms with van der Waals surface area (Å²) in [6, 6.07) is 11.7. The molecule has 1 heterocycles. The fourth-order valence-corrected chi connectivity index (χ4v) is 1.87. The van der Waals surface area contributed by atoms with Crippen LogP contribution in [0.15, 0.2) is 42.6 Å². The zero-order valence-electron chi connectivity index (χ0n) is 10.6. The molecule has 1 N–H and O–H groups in total. The Kier molecular flexibility index (Phi) is 3.95. The van der Waals surface area contributed by atoms with Crippen molar-refractivity contribution in [2.75, 3.05) is 7.11 Å². The van der Waals surface area contributed by atoms with Gasteiger partial charge in [-0.1, -0.05) is 29.8 Å². The highest BCUT2D eigenvalue weighted by atomic mass is 16.5. The van der Waals surface area contributed by atoms with Crippen LogP contribution < -0.4 is 4.74 Å². The van der Waals surface area contributed by atoms with Gasteiger partial charge < -0.3 is 9.84 Å². The van der Waals surface area contributed by atoms with Crippen molar-refractivity contribution < 1.29 is 9.84 Å². The van der Waals surface area contributed by atoms with Gasteiger partial charge in [0.2, 0.25) is 0 Å². The average Bonchev–Trinajstić information content (AvgIpc) is 2.41. The first-order chi connectivity index (χ1) is 8.70. The van der Waals surface area contributed by atoms with Crippen LogP contribution in [0.4, 0.5) is 0 Å². The van der Waals surface area contributed by atoms with Gasteiger partial charge in [0, 0.05) is 12.6 Å². The second kappa shape index (κ2) is 5.65. The number of aryl methyl sites for hydroxylation is 1. The summed E-state index contributed by atoms with van der Waals surface area (Å²) in [6.45, 7) is 2.04. The van der Waals surface area contributed by atoms with Gasteiger partial charge in [-0.25, -0.2) is 0 Å². The van der Waals surface area contributed by atoms with Crippen molar-refractivity contribution in [2.45, 2.75) is 19.4 Å². The van der Waals surface area contributed by atoms with E-state index in [2.05, 4.69) is 4.98 Å². The van der Waals surface area contributed by atoms with Crippen LogP contribution in [0.2, 0.25) is 0 Å². The molecule has 0 amide bonds. The molecular weight excluding hydrogens is 226 g/mol. The first kappa shape index (κ1) is 12.6. The van der Waals surface area contributed by atoms with Gasteiger partial charge in [0.1, 0.15) is 17.5 Å². The molecule has 0 bridgehead atoms. The van der Waals surface area contributed by atoms with Crippen LogP contribution in [-0.2, 0) is 6.42 Å². The normalized spacial score (nSPS) is 12.2. The van der Waals surface area contributed by atoms with Gasteiger partial charge in [0.05, 0.1) is 7.11 Å². The predicted octanol–water partition coefficient (Wildman–Crippen LogP) is 2.67. The third-order valence-electron chi connectivity index (χ3n) is 2.88. The zero-order valence-corrected chi connectivity index (χ0v) is 10.6. The number of rotatable bonds is 4. The summed E-state index contributed by atoms with van der Waals surface area (Å²) in [5, 5.41) is 10.2. The number of hydrogen-bond donors (Lipinski definition) is 1. The largest absolute Gasteiger partial charge is 0.495 e.